The van der Waals surface area contributed by atoms with E-state index in [9.17, 15) is 5.11 Å². The summed E-state index contributed by atoms with van der Waals surface area (Å²) in [5.41, 5.74) is 0.922. The molecule has 0 aromatic carbocycles. The summed E-state index contributed by atoms with van der Waals surface area (Å²) in [4.78, 5) is 9.01. The van der Waals surface area contributed by atoms with Gasteiger partial charge in [-0.1, -0.05) is 24.4 Å². The molecule has 20 heavy (non-hydrogen) atoms. The fraction of sp³-hybridized carbons (Fsp3) is 0.733. The first kappa shape index (κ1) is 14.1. The van der Waals surface area contributed by atoms with Gasteiger partial charge in [0.05, 0.1) is 6.61 Å². The molecule has 1 heterocycles. The molecule has 2 N–H and O–H groups in total. The summed E-state index contributed by atoms with van der Waals surface area (Å²) in [6.45, 7) is 2.96. The Morgan fingerprint density at radius 1 is 1.30 bits per heavy atom. The zero-order chi connectivity index (χ0) is 14.2. The number of hydrogen-bond donors (Lipinski definition) is 2. The van der Waals surface area contributed by atoms with E-state index in [-0.39, 0.29) is 12.0 Å². The van der Waals surface area contributed by atoms with E-state index in [2.05, 4.69) is 15.3 Å². The summed E-state index contributed by atoms with van der Waals surface area (Å²) < 4.78 is 0. The van der Waals surface area contributed by atoms with Crippen molar-refractivity contribution < 1.29 is 5.11 Å². The van der Waals surface area contributed by atoms with Gasteiger partial charge < -0.3 is 10.4 Å². The molecule has 0 unspecified atom stereocenters. The summed E-state index contributed by atoms with van der Waals surface area (Å²) in [5, 5.41) is 13.6. The smallest absolute Gasteiger partial charge is 0.137 e. The Labute approximate surface area is 125 Å². The molecule has 0 saturated heterocycles. The maximum Gasteiger partial charge on any atom is 0.137 e. The lowest BCUT2D eigenvalue weighted by atomic mass is 9.87. The average molecular weight is 296 g/mol. The second-order valence-electron chi connectivity index (χ2n) is 6.34. The molecule has 0 bridgehead atoms. The molecule has 2 aliphatic rings. The van der Waals surface area contributed by atoms with Crippen LogP contribution in [0.4, 0.5) is 5.82 Å². The number of aliphatic hydroxyl groups is 1. The molecule has 0 radical (unpaired) electrons. The lowest BCUT2D eigenvalue weighted by Crippen LogP contribution is -2.31. The van der Waals surface area contributed by atoms with Crippen LogP contribution >= 0.6 is 11.6 Å². The van der Waals surface area contributed by atoms with Crippen LogP contribution in [0.15, 0.2) is 0 Å². The van der Waals surface area contributed by atoms with Crippen molar-refractivity contribution >= 4 is 17.4 Å². The van der Waals surface area contributed by atoms with Gasteiger partial charge in [-0.3, -0.25) is 0 Å². The molecule has 1 aromatic rings. The molecule has 5 heteroatoms. The van der Waals surface area contributed by atoms with Crippen LogP contribution < -0.4 is 5.32 Å². The first-order valence-corrected chi connectivity index (χ1v) is 7.90. The Morgan fingerprint density at radius 3 is 2.60 bits per heavy atom. The third kappa shape index (κ3) is 2.77. The third-order valence-corrected chi connectivity index (χ3v) is 5.04. The lowest BCUT2D eigenvalue weighted by molar-refractivity contribution is 0.142. The van der Waals surface area contributed by atoms with E-state index >= 15 is 0 Å². The maximum atomic E-state index is 9.67. The summed E-state index contributed by atoms with van der Waals surface area (Å²) in [6.07, 6.45) is 6.92. The topological polar surface area (TPSA) is 58.0 Å². The zero-order valence-corrected chi connectivity index (χ0v) is 12.7. The van der Waals surface area contributed by atoms with E-state index in [4.69, 9.17) is 11.6 Å². The molecule has 110 valence electrons. The second kappa shape index (κ2) is 5.49. The van der Waals surface area contributed by atoms with Crippen LogP contribution in [0.2, 0.25) is 5.15 Å². The van der Waals surface area contributed by atoms with Crippen molar-refractivity contribution in [1.29, 1.82) is 0 Å². The fourth-order valence-electron chi connectivity index (χ4n) is 2.99. The molecular formula is C15H22ClN3O. The van der Waals surface area contributed by atoms with E-state index in [0.717, 1.165) is 36.6 Å². The van der Waals surface area contributed by atoms with Crippen molar-refractivity contribution in [3.05, 3.63) is 16.5 Å². The van der Waals surface area contributed by atoms with E-state index < -0.39 is 0 Å². The molecule has 0 amide bonds. The molecule has 0 aliphatic heterocycles. The number of nitrogens with one attached hydrogen (secondary N) is 1. The Kier molecular flexibility index (Phi) is 3.87. The second-order valence-corrected chi connectivity index (χ2v) is 6.70. The normalized spacial score (nSPS) is 21.1. The summed E-state index contributed by atoms with van der Waals surface area (Å²) in [5.74, 6) is 2.20. The van der Waals surface area contributed by atoms with Crippen molar-refractivity contribution in [2.45, 2.75) is 51.4 Å². The van der Waals surface area contributed by atoms with Gasteiger partial charge in [-0.25, -0.2) is 9.97 Å². The monoisotopic (exact) mass is 295 g/mol. The average Bonchev–Trinajstić information content (AvgIpc) is 3.20. The third-order valence-electron chi connectivity index (χ3n) is 4.68. The Hall–Kier alpha value is -0.870. The van der Waals surface area contributed by atoms with Gasteiger partial charge in [-0.05, 0) is 32.6 Å². The van der Waals surface area contributed by atoms with Crippen LogP contribution in [0.25, 0.3) is 0 Å². The fourth-order valence-corrected chi connectivity index (χ4v) is 3.16. The number of rotatable bonds is 5. The number of nitrogens with zero attached hydrogens (tertiary/aromatic N) is 2. The SMILES string of the molecule is Cc1c(Cl)nc(C2CC2)nc1NCC1(CO)CCCC1. The van der Waals surface area contributed by atoms with E-state index in [1.807, 2.05) is 6.92 Å². The van der Waals surface area contributed by atoms with E-state index in [1.54, 1.807) is 0 Å². The largest absolute Gasteiger partial charge is 0.396 e. The summed E-state index contributed by atoms with van der Waals surface area (Å²) >= 11 is 6.21. The van der Waals surface area contributed by atoms with Gasteiger partial charge in [0.2, 0.25) is 0 Å². The van der Waals surface area contributed by atoms with Gasteiger partial charge in [0.1, 0.15) is 16.8 Å². The molecular weight excluding hydrogens is 274 g/mol. The molecule has 2 fully saturated rings. The van der Waals surface area contributed by atoms with Gasteiger partial charge >= 0.3 is 0 Å². The number of aliphatic hydroxyl groups excluding tert-OH is 1. The van der Waals surface area contributed by atoms with Crippen molar-refractivity contribution in [2.75, 3.05) is 18.5 Å². The van der Waals surface area contributed by atoms with Crippen molar-refractivity contribution in [1.82, 2.24) is 9.97 Å². The van der Waals surface area contributed by atoms with E-state index in [0.29, 0.717) is 11.1 Å². The maximum absolute atomic E-state index is 9.67. The lowest BCUT2D eigenvalue weighted by Gasteiger charge is -2.27. The predicted octanol–water partition coefficient (Wildman–Crippen LogP) is 3.28. The molecule has 2 aliphatic carbocycles. The first-order valence-electron chi connectivity index (χ1n) is 7.52. The predicted molar refractivity (Wildman–Crippen MR) is 80.2 cm³/mol. The molecule has 0 atom stereocenters. The molecule has 4 nitrogen and oxygen atoms in total. The van der Waals surface area contributed by atoms with Crippen molar-refractivity contribution in [3.63, 3.8) is 0 Å². The van der Waals surface area contributed by atoms with Crippen LogP contribution in [-0.2, 0) is 0 Å². The Balaban J connectivity index is 1.76. The number of aromatic nitrogens is 2. The highest BCUT2D eigenvalue weighted by atomic mass is 35.5. The number of halogens is 1. The minimum Gasteiger partial charge on any atom is -0.396 e. The summed E-state index contributed by atoms with van der Waals surface area (Å²) in [6, 6.07) is 0. The number of anilines is 1. The quantitative estimate of drug-likeness (QED) is 0.819. The summed E-state index contributed by atoms with van der Waals surface area (Å²) in [7, 11) is 0. The number of hydrogen-bond acceptors (Lipinski definition) is 4. The highest BCUT2D eigenvalue weighted by molar-refractivity contribution is 6.30. The minimum atomic E-state index is 0.0175. The van der Waals surface area contributed by atoms with Gasteiger partial charge in [-0.15, -0.1) is 0 Å². The van der Waals surface area contributed by atoms with Gasteiger partial charge in [-0.2, -0.15) is 0 Å². The van der Waals surface area contributed by atoms with Gasteiger partial charge in [0.25, 0.3) is 0 Å². The Morgan fingerprint density at radius 2 is 2.00 bits per heavy atom. The van der Waals surface area contributed by atoms with Gasteiger partial charge in [0.15, 0.2) is 0 Å². The molecule has 0 spiro atoms. The minimum absolute atomic E-state index is 0.0175. The van der Waals surface area contributed by atoms with Crippen LogP contribution in [-0.4, -0.2) is 28.2 Å². The molecule has 1 aromatic heterocycles. The first-order chi connectivity index (χ1) is 9.63. The highest BCUT2D eigenvalue weighted by Gasteiger charge is 2.33. The van der Waals surface area contributed by atoms with Crippen LogP contribution in [0.1, 0.15) is 55.8 Å². The van der Waals surface area contributed by atoms with Crippen molar-refractivity contribution in [3.8, 4) is 0 Å². The molecule has 3 rings (SSSR count). The van der Waals surface area contributed by atoms with Crippen molar-refractivity contribution in [2.24, 2.45) is 5.41 Å². The van der Waals surface area contributed by atoms with Gasteiger partial charge in [0, 0.05) is 23.4 Å². The van der Waals surface area contributed by atoms with E-state index in [1.165, 1.54) is 25.7 Å². The zero-order valence-electron chi connectivity index (χ0n) is 12.0. The highest BCUT2D eigenvalue weighted by Crippen LogP contribution is 2.40. The standard InChI is InChI=1S/C15H22ClN3O/c1-10-12(16)18-14(11-4-5-11)19-13(10)17-8-15(9-20)6-2-3-7-15/h11,20H,2-9H2,1H3,(H,17,18,19). The van der Waals surface area contributed by atoms with Crippen LogP contribution in [0.5, 0.6) is 0 Å². The molecule has 2 saturated carbocycles. The Bertz CT molecular complexity index is 496. The van der Waals surface area contributed by atoms with Crippen LogP contribution in [0, 0.1) is 12.3 Å². The van der Waals surface area contributed by atoms with Crippen LogP contribution in [0.3, 0.4) is 0 Å².